The molecule has 0 amide bonds. The van der Waals surface area contributed by atoms with Gasteiger partial charge in [-0.15, -0.1) is 0 Å². The maximum Gasteiger partial charge on any atom is 0.401 e. The van der Waals surface area contributed by atoms with Crippen LogP contribution in [0.2, 0.25) is 0 Å². The maximum absolute atomic E-state index is 12.6. The lowest BCUT2D eigenvalue weighted by Gasteiger charge is -2.19. The summed E-state index contributed by atoms with van der Waals surface area (Å²) >= 11 is 0. The minimum atomic E-state index is -4.15. The molecule has 154 valence electrons. The van der Waals surface area contributed by atoms with Crippen molar-refractivity contribution in [2.45, 2.75) is 38.9 Å². The van der Waals surface area contributed by atoms with Gasteiger partial charge in [0.05, 0.1) is 6.54 Å². The first kappa shape index (κ1) is 20.5. The van der Waals surface area contributed by atoms with E-state index in [4.69, 9.17) is 0 Å². The van der Waals surface area contributed by atoms with E-state index in [-0.39, 0.29) is 6.04 Å². The average Bonchev–Trinajstić information content (AvgIpc) is 3.21. The molecule has 0 radical (unpaired) electrons. The third-order valence-corrected chi connectivity index (χ3v) is 5.01. The number of alkyl halides is 3. The maximum atomic E-state index is 12.6. The zero-order chi connectivity index (χ0) is 20.1. The topological polar surface area (TPSA) is 55.5 Å². The molecular weight excluding hydrogens is 367 g/mol. The molecule has 3 N–H and O–H groups in total. The molecule has 1 fully saturated rings. The number of halogens is 3. The van der Waals surface area contributed by atoms with Crippen LogP contribution in [0.3, 0.4) is 0 Å². The Bertz CT molecular complexity index is 812. The van der Waals surface area contributed by atoms with Gasteiger partial charge in [0, 0.05) is 49.3 Å². The molecule has 3 rings (SSSR count). The van der Waals surface area contributed by atoms with Gasteiger partial charge in [-0.25, -0.2) is 0 Å². The van der Waals surface area contributed by atoms with E-state index < -0.39 is 12.7 Å². The lowest BCUT2D eigenvalue weighted by atomic mass is 10.1. The van der Waals surface area contributed by atoms with Crippen LogP contribution in [0, 0.1) is 6.92 Å². The highest BCUT2D eigenvalue weighted by atomic mass is 19.4. The van der Waals surface area contributed by atoms with Crippen LogP contribution in [-0.2, 0) is 6.42 Å². The van der Waals surface area contributed by atoms with E-state index in [1.54, 1.807) is 0 Å². The zero-order valence-electron chi connectivity index (χ0n) is 16.4. The van der Waals surface area contributed by atoms with Crippen LogP contribution >= 0.6 is 0 Å². The number of likely N-dealkylation sites (tertiary alicyclic amines) is 1. The van der Waals surface area contributed by atoms with Crippen molar-refractivity contribution in [1.29, 1.82) is 0 Å². The van der Waals surface area contributed by atoms with Crippen LogP contribution in [-0.4, -0.2) is 60.8 Å². The van der Waals surface area contributed by atoms with E-state index in [1.807, 2.05) is 19.2 Å². The first-order chi connectivity index (χ1) is 13.4. The third-order valence-electron chi connectivity index (χ3n) is 5.01. The second-order valence-corrected chi connectivity index (χ2v) is 7.30. The molecule has 0 saturated carbocycles. The number of rotatable bonds is 6. The SMILES string of the molecule is CCNC(=NCCc1c[nH]c2cccc(C)c12)NC1CCN(CC(F)(F)F)C1. The Morgan fingerprint density at radius 2 is 2.18 bits per heavy atom. The first-order valence-corrected chi connectivity index (χ1v) is 9.75. The fourth-order valence-corrected chi connectivity index (χ4v) is 3.80. The molecule has 1 aromatic carbocycles. The Hall–Kier alpha value is -2.22. The number of aryl methyl sites for hydroxylation is 1. The van der Waals surface area contributed by atoms with Crippen molar-refractivity contribution in [3.63, 3.8) is 0 Å². The second kappa shape index (κ2) is 8.86. The lowest BCUT2D eigenvalue weighted by Crippen LogP contribution is -2.45. The summed E-state index contributed by atoms with van der Waals surface area (Å²) in [5.74, 6) is 0.665. The fraction of sp³-hybridized carbons (Fsp3) is 0.550. The smallest absolute Gasteiger partial charge is 0.361 e. The Labute approximate surface area is 163 Å². The highest BCUT2D eigenvalue weighted by Crippen LogP contribution is 2.22. The number of nitrogens with one attached hydrogen (secondary N) is 3. The molecule has 1 aliphatic heterocycles. The van der Waals surface area contributed by atoms with Crippen LogP contribution < -0.4 is 10.6 Å². The molecule has 5 nitrogen and oxygen atoms in total. The predicted octanol–water partition coefficient (Wildman–Crippen LogP) is 3.21. The van der Waals surface area contributed by atoms with E-state index in [0.717, 1.165) is 11.9 Å². The van der Waals surface area contributed by atoms with Gasteiger partial charge in [-0.1, -0.05) is 12.1 Å². The summed E-state index contributed by atoms with van der Waals surface area (Å²) in [5, 5.41) is 7.72. The van der Waals surface area contributed by atoms with E-state index in [1.165, 1.54) is 21.4 Å². The van der Waals surface area contributed by atoms with Gasteiger partial charge >= 0.3 is 6.18 Å². The number of aromatic nitrogens is 1. The van der Waals surface area contributed by atoms with Crippen molar-refractivity contribution in [3.05, 3.63) is 35.5 Å². The molecular formula is C20H28F3N5. The molecule has 8 heteroatoms. The number of benzene rings is 1. The van der Waals surface area contributed by atoms with Crippen LogP contribution in [0.15, 0.2) is 29.4 Å². The Morgan fingerprint density at radius 3 is 2.93 bits per heavy atom. The number of hydrogen-bond acceptors (Lipinski definition) is 2. The van der Waals surface area contributed by atoms with Gasteiger partial charge < -0.3 is 15.6 Å². The average molecular weight is 395 g/mol. The molecule has 1 aliphatic rings. The van der Waals surface area contributed by atoms with Crippen molar-refractivity contribution in [2.24, 2.45) is 4.99 Å². The van der Waals surface area contributed by atoms with Gasteiger partial charge in [0.1, 0.15) is 0 Å². The summed E-state index contributed by atoms with van der Waals surface area (Å²) in [4.78, 5) is 9.37. The number of H-pyrrole nitrogens is 1. The molecule has 0 spiro atoms. The molecule has 1 atom stereocenters. The van der Waals surface area contributed by atoms with Gasteiger partial charge in [0.2, 0.25) is 0 Å². The summed E-state index contributed by atoms with van der Waals surface area (Å²) < 4.78 is 37.7. The lowest BCUT2D eigenvalue weighted by molar-refractivity contribution is -0.143. The summed E-state index contributed by atoms with van der Waals surface area (Å²) in [5.41, 5.74) is 3.59. The Balaban J connectivity index is 1.57. The van der Waals surface area contributed by atoms with Gasteiger partial charge in [-0.2, -0.15) is 13.2 Å². The third kappa shape index (κ3) is 5.41. The second-order valence-electron chi connectivity index (χ2n) is 7.30. The minimum Gasteiger partial charge on any atom is -0.361 e. The van der Waals surface area contributed by atoms with E-state index >= 15 is 0 Å². The fourth-order valence-electron chi connectivity index (χ4n) is 3.80. The summed E-state index contributed by atoms with van der Waals surface area (Å²) in [6.45, 7) is 5.37. The van der Waals surface area contributed by atoms with Crippen molar-refractivity contribution in [1.82, 2.24) is 20.5 Å². The Morgan fingerprint density at radius 1 is 1.36 bits per heavy atom. The van der Waals surface area contributed by atoms with Gasteiger partial charge in [0.15, 0.2) is 5.96 Å². The highest BCUT2D eigenvalue weighted by molar-refractivity contribution is 5.86. The largest absolute Gasteiger partial charge is 0.401 e. The quantitative estimate of drug-likeness (QED) is 0.520. The molecule has 2 aromatic rings. The van der Waals surface area contributed by atoms with Crippen molar-refractivity contribution in [3.8, 4) is 0 Å². The van der Waals surface area contributed by atoms with Crippen molar-refractivity contribution < 1.29 is 13.2 Å². The number of fused-ring (bicyclic) bond motifs is 1. The molecule has 1 unspecified atom stereocenters. The first-order valence-electron chi connectivity index (χ1n) is 9.75. The van der Waals surface area contributed by atoms with Crippen molar-refractivity contribution in [2.75, 3.05) is 32.7 Å². The van der Waals surface area contributed by atoms with Gasteiger partial charge in [-0.05, 0) is 43.9 Å². The number of nitrogens with zero attached hydrogens (tertiary/aromatic N) is 2. The summed E-state index contributed by atoms with van der Waals surface area (Å²) in [7, 11) is 0. The van der Waals surface area contributed by atoms with E-state index in [9.17, 15) is 13.2 Å². The monoisotopic (exact) mass is 395 g/mol. The molecule has 2 heterocycles. The highest BCUT2D eigenvalue weighted by Gasteiger charge is 2.34. The predicted molar refractivity (Wildman–Crippen MR) is 107 cm³/mol. The molecule has 1 aromatic heterocycles. The van der Waals surface area contributed by atoms with E-state index in [0.29, 0.717) is 38.6 Å². The molecule has 0 aliphatic carbocycles. The number of aromatic amines is 1. The number of aliphatic imine (C=N–C) groups is 1. The van der Waals surface area contributed by atoms with Gasteiger partial charge in [0.25, 0.3) is 0 Å². The zero-order valence-corrected chi connectivity index (χ0v) is 16.4. The summed E-state index contributed by atoms with van der Waals surface area (Å²) in [6, 6.07) is 6.18. The Kier molecular flexibility index (Phi) is 6.49. The van der Waals surface area contributed by atoms with Crippen LogP contribution in [0.25, 0.3) is 10.9 Å². The van der Waals surface area contributed by atoms with Gasteiger partial charge in [-0.3, -0.25) is 9.89 Å². The standard InChI is InChI=1S/C20H28F3N5/c1-3-24-19(27-16-8-10-28(12-16)13-20(21,22)23)25-9-7-15-11-26-17-6-4-5-14(2)18(15)17/h4-6,11,16,26H,3,7-10,12-13H2,1-2H3,(H2,24,25,27). The van der Waals surface area contributed by atoms with Crippen LogP contribution in [0.5, 0.6) is 0 Å². The minimum absolute atomic E-state index is 0.0181. The van der Waals surface area contributed by atoms with Crippen LogP contribution in [0.1, 0.15) is 24.5 Å². The van der Waals surface area contributed by atoms with Crippen LogP contribution in [0.4, 0.5) is 13.2 Å². The molecule has 0 bridgehead atoms. The molecule has 1 saturated heterocycles. The van der Waals surface area contributed by atoms with E-state index in [2.05, 4.69) is 39.7 Å². The summed E-state index contributed by atoms with van der Waals surface area (Å²) in [6.07, 6.45) is -0.640. The number of hydrogen-bond donors (Lipinski definition) is 3. The molecule has 28 heavy (non-hydrogen) atoms. The number of guanidine groups is 1. The van der Waals surface area contributed by atoms with Crippen molar-refractivity contribution >= 4 is 16.9 Å². The normalized spacial score (nSPS) is 18.8.